The van der Waals surface area contributed by atoms with E-state index in [9.17, 15) is 13.2 Å². The summed E-state index contributed by atoms with van der Waals surface area (Å²) in [7, 11) is 0. The highest BCUT2D eigenvalue weighted by atomic mass is 19.4. The molecule has 0 unspecified atom stereocenters. The van der Waals surface area contributed by atoms with Crippen LogP contribution in [0.25, 0.3) is 5.57 Å². The lowest BCUT2D eigenvalue weighted by molar-refractivity contribution is -0.0999. The van der Waals surface area contributed by atoms with Crippen LogP contribution in [0.1, 0.15) is 12.5 Å². The number of benzene rings is 1. The van der Waals surface area contributed by atoms with Gasteiger partial charge < -0.3 is 0 Å². The molecule has 14 heavy (non-hydrogen) atoms. The fourth-order valence-electron chi connectivity index (χ4n) is 1.12. The van der Waals surface area contributed by atoms with Crippen LogP contribution in [-0.2, 0) is 0 Å². The molecule has 76 valence electrons. The van der Waals surface area contributed by atoms with E-state index < -0.39 is 6.30 Å². The molecule has 0 radical (unpaired) electrons. The van der Waals surface area contributed by atoms with Gasteiger partial charge in [-0.2, -0.15) is 13.2 Å². The molecule has 4 heteroatoms. The third-order valence-corrected chi connectivity index (χ3v) is 1.66. The van der Waals surface area contributed by atoms with Gasteiger partial charge in [0.05, 0.1) is 0 Å². The van der Waals surface area contributed by atoms with Crippen molar-refractivity contribution in [1.82, 2.24) is 0 Å². The van der Waals surface area contributed by atoms with Crippen molar-refractivity contribution >= 4 is 11.3 Å². The largest absolute Gasteiger partial charge is 0.482 e. The van der Waals surface area contributed by atoms with Gasteiger partial charge in [0.1, 0.15) is 0 Å². The predicted octanol–water partition coefficient (Wildman–Crippen LogP) is 3.65. The van der Waals surface area contributed by atoms with Crippen molar-refractivity contribution in [1.29, 1.82) is 0 Å². The monoisotopic (exact) mass is 201 g/mol. The lowest BCUT2D eigenvalue weighted by Gasteiger charge is -2.13. The highest BCUT2D eigenvalue weighted by molar-refractivity contribution is 5.73. The lowest BCUT2D eigenvalue weighted by Crippen LogP contribution is -2.21. The summed E-state index contributed by atoms with van der Waals surface area (Å²) in [6.07, 6.45) is -4.41. The Kier molecular flexibility index (Phi) is 2.84. The van der Waals surface area contributed by atoms with Crippen molar-refractivity contribution in [3.8, 4) is 0 Å². The third-order valence-electron chi connectivity index (χ3n) is 1.66. The van der Waals surface area contributed by atoms with Gasteiger partial charge in [-0.15, -0.1) is 0 Å². The Balaban J connectivity index is 3.02. The van der Waals surface area contributed by atoms with Crippen LogP contribution >= 0.6 is 0 Å². The number of halogens is 3. The van der Waals surface area contributed by atoms with E-state index in [1.165, 1.54) is 11.4 Å². The Bertz CT molecular complexity index is 341. The summed E-state index contributed by atoms with van der Waals surface area (Å²) in [5.41, 5.74) is 1.11. The standard InChI is InChI=1S/C10H10F3N/c1-7(2)8-5-3-4-6-9(8)14-10(11,12)13/h3-6,14H,1H2,2H3. The van der Waals surface area contributed by atoms with Gasteiger partial charge in [-0.3, -0.25) is 5.32 Å². The van der Waals surface area contributed by atoms with Crippen molar-refractivity contribution in [3.63, 3.8) is 0 Å². The van der Waals surface area contributed by atoms with Gasteiger partial charge in [0.2, 0.25) is 0 Å². The Labute approximate surface area is 80.2 Å². The molecule has 1 rings (SSSR count). The molecule has 0 aliphatic heterocycles. The van der Waals surface area contributed by atoms with E-state index in [1.54, 1.807) is 25.1 Å². The first-order valence-electron chi connectivity index (χ1n) is 4.00. The number of hydrogen-bond acceptors (Lipinski definition) is 1. The third kappa shape index (κ3) is 2.80. The summed E-state index contributed by atoms with van der Waals surface area (Å²) in [4.78, 5) is 0. The number of hydrogen-bond donors (Lipinski definition) is 1. The van der Waals surface area contributed by atoms with Crippen molar-refractivity contribution in [2.75, 3.05) is 5.32 Å². The van der Waals surface area contributed by atoms with Crippen LogP contribution in [-0.4, -0.2) is 6.30 Å². The Morgan fingerprint density at radius 1 is 1.29 bits per heavy atom. The number of allylic oxidation sites excluding steroid dienone is 1. The quantitative estimate of drug-likeness (QED) is 0.720. The maximum Gasteiger partial charge on any atom is 0.482 e. The second kappa shape index (κ2) is 3.74. The molecule has 1 aromatic rings. The van der Waals surface area contributed by atoms with Gasteiger partial charge in [-0.05, 0) is 18.6 Å². The van der Waals surface area contributed by atoms with Crippen molar-refractivity contribution < 1.29 is 13.2 Å². The second-order valence-corrected chi connectivity index (χ2v) is 2.95. The van der Waals surface area contributed by atoms with Crippen LogP contribution in [0.3, 0.4) is 0 Å². The van der Waals surface area contributed by atoms with Crippen LogP contribution in [0.2, 0.25) is 0 Å². The summed E-state index contributed by atoms with van der Waals surface area (Å²) in [5, 5.41) is 1.47. The summed E-state index contributed by atoms with van der Waals surface area (Å²) >= 11 is 0. The summed E-state index contributed by atoms with van der Waals surface area (Å²) in [5.74, 6) is 0. The summed E-state index contributed by atoms with van der Waals surface area (Å²) in [6, 6.07) is 6.18. The minimum absolute atomic E-state index is 0.0347. The van der Waals surface area contributed by atoms with Crippen molar-refractivity contribution in [2.45, 2.75) is 13.2 Å². The Morgan fingerprint density at radius 3 is 2.36 bits per heavy atom. The highest BCUT2D eigenvalue weighted by Gasteiger charge is 2.27. The van der Waals surface area contributed by atoms with E-state index in [1.807, 2.05) is 0 Å². The van der Waals surface area contributed by atoms with Gasteiger partial charge >= 0.3 is 6.30 Å². The molecule has 0 saturated heterocycles. The lowest BCUT2D eigenvalue weighted by atomic mass is 10.1. The van der Waals surface area contributed by atoms with E-state index in [0.29, 0.717) is 11.1 Å². The molecular weight excluding hydrogens is 191 g/mol. The van der Waals surface area contributed by atoms with Crippen LogP contribution in [0.15, 0.2) is 30.8 Å². The van der Waals surface area contributed by atoms with Gasteiger partial charge in [0.15, 0.2) is 0 Å². The van der Waals surface area contributed by atoms with Gasteiger partial charge in [0, 0.05) is 11.3 Å². The highest BCUT2D eigenvalue weighted by Crippen LogP contribution is 2.26. The maximum atomic E-state index is 12.0. The first-order chi connectivity index (χ1) is 6.40. The van der Waals surface area contributed by atoms with E-state index >= 15 is 0 Å². The molecule has 1 aromatic carbocycles. The zero-order valence-electron chi connectivity index (χ0n) is 7.65. The average Bonchev–Trinajstić information content (AvgIpc) is 2.01. The molecule has 0 aliphatic rings. The van der Waals surface area contributed by atoms with Crippen molar-refractivity contribution in [2.24, 2.45) is 0 Å². The topological polar surface area (TPSA) is 12.0 Å². The fourth-order valence-corrected chi connectivity index (χ4v) is 1.12. The second-order valence-electron chi connectivity index (χ2n) is 2.95. The average molecular weight is 201 g/mol. The molecule has 0 saturated carbocycles. The van der Waals surface area contributed by atoms with Crippen molar-refractivity contribution in [3.05, 3.63) is 36.4 Å². The smallest absolute Gasteiger partial charge is 0.297 e. The SMILES string of the molecule is C=C(C)c1ccccc1NC(F)(F)F. The molecular formula is C10H10F3N. The van der Waals surface area contributed by atoms with E-state index in [-0.39, 0.29) is 5.69 Å². The zero-order chi connectivity index (χ0) is 10.8. The summed E-state index contributed by atoms with van der Waals surface area (Å²) in [6.45, 7) is 5.27. The number of para-hydroxylation sites is 1. The molecule has 0 heterocycles. The van der Waals surface area contributed by atoms with E-state index in [4.69, 9.17) is 0 Å². The van der Waals surface area contributed by atoms with E-state index in [0.717, 1.165) is 0 Å². The molecule has 0 aliphatic carbocycles. The van der Waals surface area contributed by atoms with Gasteiger partial charge in [-0.25, -0.2) is 0 Å². The summed E-state index contributed by atoms with van der Waals surface area (Å²) < 4.78 is 36.1. The maximum absolute atomic E-state index is 12.0. The van der Waals surface area contributed by atoms with E-state index in [2.05, 4.69) is 6.58 Å². The molecule has 0 amide bonds. The van der Waals surface area contributed by atoms with Gasteiger partial charge in [-0.1, -0.05) is 24.8 Å². The number of rotatable bonds is 2. The molecule has 0 bridgehead atoms. The minimum Gasteiger partial charge on any atom is -0.297 e. The Hall–Kier alpha value is -1.45. The normalized spacial score (nSPS) is 11.1. The predicted molar refractivity (Wildman–Crippen MR) is 50.8 cm³/mol. The first-order valence-corrected chi connectivity index (χ1v) is 4.00. The molecule has 0 spiro atoms. The molecule has 0 fully saturated rings. The minimum atomic E-state index is -4.41. The molecule has 1 nitrogen and oxygen atoms in total. The number of anilines is 1. The fraction of sp³-hybridized carbons (Fsp3) is 0.200. The number of alkyl halides is 3. The van der Waals surface area contributed by atoms with Crippen LogP contribution in [0.4, 0.5) is 18.9 Å². The molecule has 0 aromatic heterocycles. The first kappa shape index (κ1) is 10.6. The zero-order valence-corrected chi connectivity index (χ0v) is 7.65. The molecule has 0 atom stereocenters. The van der Waals surface area contributed by atoms with Crippen LogP contribution in [0, 0.1) is 0 Å². The van der Waals surface area contributed by atoms with Crippen LogP contribution < -0.4 is 5.32 Å². The Morgan fingerprint density at radius 2 is 1.86 bits per heavy atom. The van der Waals surface area contributed by atoms with Gasteiger partial charge in [0.25, 0.3) is 0 Å². The molecule has 1 N–H and O–H groups in total. The number of nitrogens with one attached hydrogen (secondary N) is 1. The van der Waals surface area contributed by atoms with Crippen LogP contribution in [0.5, 0.6) is 0 Å².